The highest BCUT2D eigenvalue weighted by Crippen LogP contribution is 2.31. The Hall–Kier alpha value is -2.85. The molecule has 9 nitrogen and oxygen atoms in total. The van der Waals surface area contributed by atoms with E-state index < -0.39 is 0 Å². The Morgan fingerprint density at radius 2 is 1.88 bits per heavy atom. The molecule has 1 aliphatic carbocycles. The van der Waals surface area contributed by atoms with Gasteiger partial charge in [0.05, 0.1) is 37.8 Å². The molecule has 0 unspecified atom stereocenters. The molecule has 0 atom stereocenters. The van der Waals surface area contributed by atoms with Gasteiger partial charge in [-0.15, -0.1) is 10.2 Å². The molecule has 10 heteroatoms. The minimum atomic E-state index is -0.0677. The fourth-order valence-electron chi connectivity index (χ4n) is 4.45. The average Bonchev–Trinajstić information content (AvgIpc) is 3.60. The molecule has 3 heterocycles. The summed E-state index contributed by atoms with van der Waals surface area (Å²) in [7, 11) is 0. The molecule has 1 aromatic carbocycles. The van der Waals surface area contributed by atoms with Crippen LogP contribution in [-0.4, -0.2) is 62.5 Å². The van der Waals surface area contributed by atoms with Gasteiger partial charge in [-0.05, 0) is 18.4 Å². The van der Waals surface area contributed by atoms with Crippen LogP contribution in [0.4, 0.5) is 11.8 Å². The molecule has 1 aliphatic heterocycles. The average molecular weight is 468 g/mol. The SMILES string of the molecule is O=C(CSc1nnc(N2CCOCC2)n1Cc1ccccc1)Nc1ccnn1C1CCCC1. The zero-order chi connectivity index (χ0) is 22.5. The molecule has 1 amide bonds. The zero-order valence-electron chi connectivity index (χ0n) is 18.6. The van der Waals surface area contributed by atoms with E-state index >= 15 is 0 Å². The maximum atomic E-state index is 12.8. The van der Waals surface area contributed by atoms with Crippen molar-refractivity contribution in [1.29, 1.82) is 0 Å². The molecule has 0 radical (unpaired) electrons. The van der Waals surface area contributed by atoms with Crippen molar-refractivity contribution in [2.75, 3.05) is 42.3 Å². The number of rotatable bonds is 8. The monoisotopic (exact) mass is 467 g/mol. The second-order valence-electron chi connectivity index (χ2n) is 8.39. The van der Waals surface area contributed by atoms with Crippen LogP contribution in [0, 0.1) is 0 Å². The molecule has 2 fully saturated rings. The number of morpholine rings is 1. The second kappa shape index (κ2) is 10.4. The minimum absolute atomic E-state index is 0.0677. The molecular weight excluding hydrogens is 438 g/mol. The van der Waals surface area contributed by atoms with Gasteiger partial charge in [0.15, 0.2) is 5.16 Å². The van der Waals surface area contributed by atoms with Gasteiger partial charge in [-0.3, -0.25) is 9.36 Å². The lowest BCUT2D eigenvalue weighted by molar-refractivity contribution is -0.113. The fourth-order valence-corrected chi connectivity index (χ4v) is 5.18. The van der Waals surface area contributed by atoms with Crippen molar-refractivity contribution < 1.29 is 9.53 Å². The standard InChI is InChI=1S/C23H29N7O2S/c31-21(25-20-10-11-24-30(20)19-8-4-5-9-19)17-33-23-27-26-22(28-12-14-32-15-13-28)29(23)16-18-6-2-1-3-7-18/h1-3,6-7,10-11,19H,4-5,8-9,12-17H2,(H,25,31). The maximum Gasteiger partial charge on any atom is 0.235 e. The van der Waals surface area contributed by atoms with E-state index in [0.717, 1.165) is 42.9 Å². The number of anilines is 2. The summed E-state index contributed by atoms with van der Waals surface area (Å²) in [5.41, 5.74) is 1.17. The highest BCUT2D eigenvalue weighted by atomic mass is 32.2. The van der Waals surface area contributed by atoms with Crippen LogP contribution in [0.5, 0.6) is 0 Å². The molecular formula is C23H29N7O2S. The maximum absolute atomic E-state index is 12.8. The number of carbonyl (C=O) groups excluding carboxylic acids is 1. The smallest absolute Gasteiger partial charge is 0.235 e. The first-order chi connectivity index (χ1) is 16.3. The Kier molecular flexibility index (Phi) is 6.92. The highest BCUT2D eigenvalue weighted by molar-refractivity contribution is 7.99. The fraction of sp³-hybridized carbons (Fsp3) is 0.478. The van der Waals surface area contributed by atoms with Gasteiger partial charge < -0.3 is 15.0 Å². The van der Waals surface area contributed by atoms with Crippen LogP contribution in [-0.2, 0) is 16.1 Å². The molecule has 0 bridgehead atoms. The van der Waals surface area contributed by atoms with Crippen LogP contribution >= 0.6 is 11.8 Å². The summed E-state index contributed by atoms with van der Waals surface area (Å²) in [6.07, 6.45) is 6.43. The van der Waals surface area contributed by atoms with Crippen molar-refractivity contribution in [1.82, 2.24) is 24.5 Å². The first-order valence-electron chi connectivity index (χ1n) is 11.5. The number of carbonyl (C=O) groups is 1. The summed E-state index contributed by atoms with van der Waals surface area (Å²) in [5, 5.41) is 17.1. The molecule has 1 saturated carbocycles. The second-order valence-corrected chi connectivity index (χ2v) is 9.33. The van der Waals surface area contributed by atoms with E-state index in [9.17, 15) is 4.79 Å². The first-order valence-corrected chi connectivity index (χ1v) is 12.5. The number of hydrogen-bond acceptors (Lipinski definition) is 7. The number of thioether (sulfide) groups is 1. The highest BCUT2D eigenvalue weighted by Gasteiger charge is 2.23. The summed E-state index contributed by atoms with van der Waals surface area (Å²) < 4.78 is 9.56. The Balaban J connectivity index is 1.28. The predicted molar refractivity (Wildman–Crippen MR) is 128 cm³/mol. The number of ether oxygens (including phenoxy) is 1. The largest absolute Gasteiger partial charge is 0.378 e. The van der Waals surface area contributed by atoms with Gasteiger partial charge in [-0.1, -0.05) is 54.9 Å². The summed E-state index contributed by atoms with van der Waals surface area (Å²) in [4.78, 5) is 15.0. The van der Waals surface area contributed by atoms with Crippen LogP contribution in [0.2, 0.25) is 0 Å². The number of hydrogen-bond donors (Lipinski definition) is 1. The van der Waals surface area contributed by atoms with Crippen molar-refractivity contribution in [3.63, 3.8) is 0 Å². The van der Waals surface area contributed by atoms with Crippen LogP contribution in [0.25, 0.3) is 0 Å². The van der Waals surface area contributed by atoms with Gasteiger partial charge in [-0.25, -0.2) is 4.68 Å². The molecule has 5 rings (SSSR count). The zero-order valence-corrected chi connectivity index (χ0v) is 19.4. The number of nitrogens with zero attached hydrogens (tertiary/aromatic N) is 6. The minimum Gasteiger partial charge on any atom is -0.378 e. The first kappa shape index (κ1) is 22.0. The van der Waals surface area contributed by atoms with Crippen molar-refractivity contribution in [3.05, 3.63) is 48.2 Å². The lowest BCUT2D eigenvalue weighted by atomic mass is 10.2. The third-order valence-corrected chi connectivity index (χ3v) is 7.08. The van der Waals surface area contributed by atoms with Crippen molar-refractivity contribution in [2.24, 2.45) is 0 Å². The van der Waals surface area contributed by atoms with Crippen LogP contribution in [0.3, 0.4) is 0 Å². The van der Waals surface area contributed by atoms with Gasteiger partial charge >= 0.3 is 0 Å². The van der Waals surface area contributed by atoms with Crippen LogP contribution in [0.1, 0.15) is 37.3 Å². The van der Waals surface area contributed by atoms with Gasteiger partial charge in [0.2, 0.25) is 11.9 Å². The molecule has 0 spiro atoms. The molecule has 33 heavy (non-hydrogen) atoms. The topological polar surface area (TPSA) is 90.1 Å². The lowest BCUT2D eigenvalue weighted by Gasteiger charge is -2.28. The van der Waals surface area contributed by atoms with Crippen LogP contribution < -0.4 is 10.2 Å². The normalized spacial score (nSPS) is 16.9. The van der Waals surface area contributed by atoms with E-state index in [2.05, 4.69) is 42.2 Å². The van der Waals surface area contributed by atoms with Gasteiger partial charge in [0.25, 0.3) is 0 Å². The Labute approximate surface area is 197 Å². The predicted octanol–water partition coefficient (Wildman–Crippen LogP) is 3.21. The third-order valence-electron chi connectivity index (χ3n) is 6.12. The van der Waals surface area contributed by atoms with Crippen LogP contribution in [0.15, 0.2) is 47.8 Å². The van der Waals surface area contributed by atoms with E-state index in [0.29, 0.717) is 25.8 Å². The summed E-state index contributed by atoms with van der Waals surface area (Å²) >= 11 is 1.41. The van der Waals surface area contributed by atoms with E-state index in [4.69, 9.17) is 4.74 Å². The van der Waals surface area contributed by atoms with E-state index in [1.807, 2.05) is 28.9 Å². The van der Waals surface area contributed by atoms with Crippen molar-refractivity contribution >= 4 is 29.4 Å². The molecule has 1 saturated heterocycles. The number of benzene rings is 1. The Morgan fingerprint density at radius 3 is 2.67 bits per heavy atom. The molecule has 2 aromatic heterocycles. The van der Waals surface area contributed by atoms with E-state index in [-0.39, 0.29) is 11.7 Å². The van der Waals surface area contributed by atoms with Gasteiger partial charge in [0.1, 0.15) is 5.82 Å². The third kappa shape index (κ3) is 5.22. The molecule has 1 N–H and O–H groups in total. The number of nitrogens with one attached hydrogen (secondary N) is 1. The van der Waals surface area contributed by atoms with Crippen molar-refractivity contribution in [2.45, 2.75) is 43.4 Å². The quantitative estimate of drug-likeness (QED) is 0.509. The van der Waals surface area contributed by atoms with E-state index in [1.165, 1.54) is 30.2 Å². The Morgan fingerprint density at radius 1 is 1.09 bits per heavy atom. The van der Waals surface area contributed by atoms with Crippen molar-refractivity contribution in [3.8, 4) is 0 Å². The summed E-state index contributed by atoms with van der Waals surface area (Å²) in [6, 6.07) is 12.5. The molecule has 174 valence electrons. The summed E-state index contributed by atoms with van der Waals surface area (Å²) in [5.74, 6) is 1.78. The summed E-state index contributed by atoms with van der Waals surface area (Å²) in [6.45, 7) is 3.57. The Bertz CT molecular complexity index is 1060. The van der Waals surface area contributed by atoms with Gasteiger partial charge in [-0.2, -0.15) is 5.10 Å². The number of amides is 1. The number of aromatic nitrogens is 5. The molecule has 3 aromatic rings. The molecule has 2 aliphatic rings. The lowest BCUT2D eigenvalue weighted by Crippen LogP contribution is -2.38. The van der Waals surface area contributed by atoms with E-state index in [1.54, 1.807) is 6.20 Å². The van der Waals surface area contributed by atoms with Gasteiger partial charge in [0, 0.05) is 19.2 Å².